The van der Waals surface area contributed by atoms with Crippen LogP contribution in [0.3, 0.4) is 0 Å². The van der Waals surface area contributed by atoms with Crippen LogP contribution in [0.5, 0.6) is 0 Å². The molecule has 6 nitrogen and oxygen atoms in total. The Morgan fingerprint density at radius 2 is 1.87 bits per heavy atom. The maximum atomic E-state index is 11.2. The minimum absolute atomic E-state index is 0.0838. The second kappa shape index (κ2) is 8.83. The van der Waals surface area contributed by atoms with Crippen molar-refractivity contribution < 1.29 is 14.4 Å². The lowest BCUT2D eigenvalue weighted by atomic mass is 9.60. The Bertz CT molecular complexity index is 1580. The molecule has 1 spiro atoms. The van der Waals surface area contributed by atoms with E-state index in [9.17, 15) is 9.90 Å². The molecule has 3 fully saturated rings. The van der Waals surface area contributed by atoms with Crippen molar-refractivity contribution in [2.75, 3.05) is 18.0 Å². The SMILES string of the molecule is Cc1ccccc1-c1noc(C2CC2)c1C=C1CC2(CCN(c3ccc4cc(C(=O)O)ncc4c3)CC2)C1. The zero-order chi connectivity index (χ0) is 25.9. The van der Waals surface area contributed by atoms with Gasteiger partial charge in [0, 0.05) is 47.4 Å². The number of fused-ring (bicyclic) bond motifs is 1. The summed E-state index contributed by atoms with van der Waals surface area (Å²) in [5.41, 5.74) is 7.79. The Labute approximate surface area is 222 Å². The number of allylic oxidation sites excluding steroid dienone is 1. The standard InChI is InChI=1S/C32H31N3O3/c1-20-4-2-3-5-26(20)29-27(30(38-34-29)22-6-7-22)14-21-17-32(18-21)10-12-35(13-11-32)25-9-8-23-16-28(31(36)37)33-19-24(23)15-25/h2-5,8-9,14-16,19,22H,6-7,10-13,17-18H2,1H3,(H,36,37). The number of hydrogen-bond donors (Lipinski definition) is 1. The summed E-state index contributed by atoms with van der Waals surface area (Å²) in [5.74, 6) is 0.607. The molecule has 2 aliphatic carbocycles. The maximum Gasteiger partial charge on any atom is 0.354 e. The number of carbonyl (C=O) groups is 1. The third kappa shape index (κ3) is 4.08. The fraction of sp³-hybridized carbons (Fsp3) is 0.344. The van der Waals surface area contributed by atoms with Gasteiger partial charge in [0.15, 0.2) is 0 Å². The molecule has 6 heteroatoms. The number of nitrogens with zero attached hydrogens (tertiary/aromatic N) is 3. The first kappa shape index (κ1) is 23.2. The fourth-order valence-electron chi connectivity index (χ4n) is 6.38. The Hall–Kier alpha value is -3.93. The Balaban J connectivity index is 1.06. The Morgan fingerprint density at radius 3 is 2.61 bits per heavy atom. The highest BCUT2D eigenvalue weighted by Crippen LogP contribution is 2.54. The van der Waals surface area contributed by atoms with E-state index in [1.165, 1.54) is 53.6 Å². The molecule has 2 aromatic heterocycles. The van der Waals surface area contributed by atoms with Gasteiger partial charge in [-0.3, -0.25) is 0 Å². The first-order valence-electron chi connectivity index (χ1n) is 13.6. The van der Waals surface area contributed by atoms with Crippen LogP contribution in [0.15, 0.2) is 64.8 Å². The van der Waals surface area contributed by atoms with E-state index in [4.69, 9.17) is 4.52 Å². The summed E-state index contributed by atoms with van der Waals surface area (Å²) in [7, 11) is 0. The van der Waals surface area contributed by atoms with Crippen molar-refractivity contribution in [2.24, 2.45) is 5.41 Å². The van der Waals surface area contributed by atoms with Gasteiger partial charge in [0.1, 0.15) is 17.1 Å². The third-order valence-electron chi connectivity index (χ3n) is 8.77. The Kier molecular flexibility index (Phi) is 5.39. The largest absolute Gasteiger partial charge is 0.477 e. The van der Waals surface area contributed by atoms with Crippen LogP contribution in [0, 0.1) is 12.3 Å². The van der Waals surface area contributed by atoms with Crippen molar-refractivity contribution in [3.05, 3.63) is 82.9 Å². The smallest absolute Gasteiger partial charge is 0.354 e. The summed E-state index contributed by atoms with van der Waals surface area (Å²) in [5, 5.41) is 15.6. The van der Waals surface area contributed by atoms with Crippen molar-refractivity contribution in [3.8, 4) is 11.3 Å². The Morgan fingerprint density at radius 1 is 1.08 bits per heavy atom. The lowest BCUT2D eigenvalue weighted by Crippen LogP contribution is -2.44. The molecule has 192 valence electrons. The topological polar surface area (TPSA) is 79.5 Å². The van der Waals surface area contributed by atoms with Gasteiger partial charge in [0.25, 0.3) is 0 Å². The molecular formula is C32H31N3O3. The highest BCUT2D eigenvalue weighted by atomic mass is 16.5. The molecular weight excluding hydrogens is 474 g/mol. The molecule has 1 saturated heterocycles. The molecule has 0 radical (unpaired) electrons. The number of carboxylic acid groups (broad SMARTS) is 1. The van der Waals surface area contributed by atoms with Crippen molar-refractivity contribution >= 4 is 28.5 Å². The first-order chi connectivity index (χ1) is 18.5. The molecule has 0 unspecified atom stereocenters. The molecule has 3 aliphatic rings. The van der Waals surface area contributed by atoms with Crippen LogP contribution < -0.4 is 4.90 Å². The van der Waals surface area contributed by atoms with Gasteiger partial charge in [0.05, 0.1) is 0 Å². The second-order valence-corrected chi connectivity index (χ2v) is 11.4. The number of pyridine rings is 1. The van der Waals surface area contributed by atoms with Crippen molar-refractivity contribution in [2.45, 2.75) is 51.4 Å². The van der Waals surface area contributed by atoms with E-state index in [-0.39, 0.29) is 5.69 Å². The quantitative estimate of drug-likeness (QED) is 0.308. The number of piperidine rings is 1. The van der Waals surface area contributed by atoms with Gasteiger partial charge >= 0.3 is 5.97 Å². The number of hydrogen-bond acceptors (Lipinski definition) is 5. The zero-order valence-electron chi connectivity index (χ0n) is 21.6. The first-order valence-corrected chi connectivity index (χ1v) is 13.6. The summed E-state index contributed by atoms with van der Waals surface area (Å²) < 4.78 is 5.91. The number of aromatic nitrogens is 2. The van der Waals surface area contributed by atoms with Crippen LogP contribution in [-0.2, 0) is 0 Å². The maximum absolute atomic E-state index is 11.2. The minimum atomic E-state index is -0.995. The van der Waals surface area contributed by atoms with Gasteiger partial charge in [0.2, 0.25) is 0 Å². The van der Waals surface area contributed by atoms with Gasteiger partial charge in [-0.25, -0.2) is 9.78 Å². The van der Waals surface area contributed by atoms with Crippen molar-refractivity contribution in [1.29, 1.82) is 0 Å². The summed E-state index contributed by atoms with van der Waals surface area (Å²) in [4.78, 5) is 17.8. The fourth-order valence-corrected chi connectivity index (χ4v) is 6.38. The van der Waals surface area contributed by atoms with Crippen molar-refractivity contribution in [1.82, 2.24) is 10.1 Å². The van der Waals surface area contributed by atoms with Crippen LogP contribution in [0.4, 0.5) is 5.69 Å². The molecule has 38 heavy (non-hydrogen) atoms. The molecule has 2 aromatic carbocycles. The van der Waals surface area contributed by atoms with Gasteiger partial charge < -0.3 is 14.5 Å². The number of aromatic carboxylic acids is 1. The second-order valence-electron chi connectivity index (χ2n) is 11.4. The average molecular weight is 506 g/mol. The normalized spacial score (nSPS) is 18.6. The lowest BCUT2D eigenvalue weighted by Gasteiger charge is -2.50. The number of rotatable bonds is 5. The van der Waals surface area contributed by atoms with Gasteiger partial charge in [-0.15, -0.1) is 0 Å². The number of anilines is 1. The molecule has 2 saturated carbocycles. The van der Waals surface area contributed by atoms with E-state index in [2.05, 4.69) is 64.4 Å². The predicted octanol–water partition coefficient (Wildman–Crippen LogP) is 7.24. The molecule has 1 N–H and O–H groups in total. The van der Waals surface area contributed by atoms with Crippen LogP contribution in [0.25, 0.3) is 28.1 Å². The summed E-state index contributed by atoms with van der Waals surface area (Å²) in [6.07, 6.45) is 11.1. The van der Waals surface area contributed by atoms with E-state index >= 15 is 0 Å². The van der Waals surface area contributed by atoms with Crippen LogP contribution in [0.1, 0.15) is 71.8 Å². The summed E-state index contributed by atoms with van der Waals surface area (Å²) >= 11 is 0. The third-order valence-corrected chi connectivity index (χ3v) is 8.77. The van der Waals surface area contributed by atoms with Gasteiger partial charge in [-0.1, -0.05) is 41.1 Å². The summed E-state index contributed by atoms with van der Waals surface area (Å²) in [6.45, 7) is 4.21. The number of benzene rings is 2. The summed E-state index contributed by atoms with van der Waals surface area (Å²) in [6, 6.07) is 16.3. The number of aryl methyl sites for hydroxylation is 1. The van der Waals surface area contributed by atoms with Crippen LogP contribution in [-0.4, -0.2) is 34.3 Å². The number of carboxylic acids is 1. The lowest BCUT2D eigenvalue weighted by molar-refractivity contribution is 0.0690. The molecule has 3 heterocycles. The molecule has 0 bridgehead atoms. The van der Waals surface area contributed by atoms with E-state index in [1.807, 2.05) is 6.07 Å². The van der Waals surface area contributed by atoms with E-state index in [0.29, 0.717) is 11.3 Å². The molecule has 0 amide bonds. The van der Waals surface area contributed by atoms with Crippen LogP contribution in [0.2, 0.25) is 0 Å². The average Bonchev–Trinajstić information content (AvgIpc) is 3.68. The van der Waals surface area contributed by atoms with E-state index in [0.717, 1.165) is 48.2 Å². The molecule has 0 atom stereocenters. The van der Waals surface area contributed by atoms with E-state index < -0.39 is 5.97 Å². The van der Waals surface area contributed by atoms with Gasteiger partial charge in [-0.2, -0.15) is 0 Å². The minimum Gasteiger partial charge on any atom is -0.477 e. The molecule has 7 rings (SSSR count). The highest BCUT2D eigenvalue weighted by molar-refractivity contribution is 5.93. The van der Waals surface area contributed by atoms with E-state index in [1.54, 1.807) is 12.3 Å². The predicted molar refractivity (Wildman–Crippen MR) is 148 cm³/mol. The molecule has 4 aromatic rings. The zero-order valence-corrected chi connectivity index (χ0v) is 21.6. The van der Waals surface area contributed by atoms with Crippen LogP contribution >= 0.6 is 0 Å². The molecule has 1 aliphatic heterocycles. The van der Waals surface area contributed by atoms with Gasteiger partial charge in [-0.05, 0) is 86.1 Å². The highest BCUT2D eigenvalue weighted by Gasteiger charge is 2.43. The van der Waals surface area contributed by atoms with Crippen molar-refractivity contribution in [3.63, 3.8) is 0 Å². The monoisotopic (exact) mass is 505 g/mol.